The first-order valence-electron chi connectivity index (χ1n) is 8.34. The normalized spacial score (nSPS) is 12.4. The van der Waals surface area contributed by atoms with E-state index < -0.39 is 34.7 Å². The van der Waals surface area contributed by atoms with Crippen LogP contribution in [0.25, 0.3) is 27.5 Å². The maximum absolute atomic E-state index is 13.9. The molecule has 1 aromatic heterocycles. The average Bonchev–Trinajstić information content (AvgIpc) is 3.00. The van der Waals surface area contributed by atoms with Gasteiger partial charge in [-0.1, -0.05) is 36.4 Å². The minimum Gasteiger partial charge on any atom is -0.309 e. The van der Waals surface area contributed by atoms with Gasteiger partial charge >= 0.3 is 12.4 Å². The molecule has 0 saturated carbocycles. The highest BCUT2D eigenvalue weighted by atomic mass is 19.4. The lowest BCUT2D eigenvalue weighted by atomic mass is 9.98. The number of nitriles is 1. The van der Waals surface area contributed by atoms with Crippen molar-refractivity contribution in [3.63, 3.8) is 0 Å². The fourth-order valence-electron chi connectivity index (χ4n) is 3.63. The Morgan fingerprint density at radius 1 is 0.655 bits per heavy atom. The summed E-state index contributed by atoms with van der Waals surface area (Å²) in [5.41, 5.74) is -4.95. The molecular weight excluding hydrogens is 394 g/mol. The number of aromatic nitrogens is 1. The van der Waals surface area contributed by atoms with Gasteiger partial charge in [0.25, 0.3) is 0 Å². The number of alkyl halides is 6. The molecule has 8 heteroatoms. The largest absolute Gasteiger partial charge is 0.419 e. The third-order valence-corrected chi connectivity index (χ3v) is 4.69. The summed E-state index contributed by atoms with van der Waals surface area (Å²) in [6, 6.07) is 16.0. The summed E-state index contributed by atoms with van der Waals surface area (Å²) >= 11 is 0. The van der Waals surface area contributed by atoms with E-state index in [-0.39, 0.29) is 0 Å². The van der Waals surface area contributed by atoms with Crippen LogP contribution in [0.4, 0.5) is 26.3 Å². The number of para-hydroxylation sites is 2. The number of halogens is 6. The highest BCUT2D eigenvalue weighted by molar-refractivity contribution is 6.09. The Labute approximate surface area is 160 Å². The van der Waals surface area contributed by atoms with E-state index in [0.717, 1.165) is 16.7 Å². The first-order valence-corrected chi connectivity index (χ1v) is 8.34. The van der Waals surface area contributed by atoms with Crippen LogP contribution in [-0.4, -0.2) is 4.57 Å². The van der Waals surface area contributed by atoms with Crippen LogP contribution < -0.4 is 0 Å². The van der Waals surface area contributed by atoms with Gasteiger partial charge in [0.2, 0.25) is 0 Å². The quantitative estimate of drug-likeness (QED) is 0.325. The van der Waals surface area contributed by atoms with Crippen LogP contribution in [0.5, 0.6) is 0 Å². The minimum absolute atomic E-state index is 0.331. The molecule has 0 aliphatic rings. The van der Waals surface area contributed by atoms with E-state index in [4.69, 9.17) is 5.26 Å². The van der Waals surface area contributed by atoms with Crippen molar-refractivity contribution in [3.05, 3.63) is 77.4 Å². The monoisotopic (exact) mass is 404 g/mol. The number of benzene rings is 3. The van der Waals surface area contributed by atoms with Crippen LogP contribution in [0.15, 0.2) is 60.7 Å². The summed E-state index contributed by atoms with van der Waals surface area (Å²) in [6.45, 7) is 0. The summed E-state index contributed by atoms with van der Waals surface area (Å²) in [5.74, 6) is 0. The Kier molecular flexibility index (Phi) is 4.08. The molecule has 4 aromatic rings. The van der Waals surface area contributed by atoms with Gasteiger partial charge in [0.15, 0.2) is 0 Å². The van der Waals surface area contributed by atoms with Crippen LogP contribution in [0.3, 0.4) is 0 Å². The van der Waals surface area contributed by atoms with Gasteiger partial charge in [0, 0.05) is 10.8 Å². The molecule has 0 bridgehead atoms. The van der Waals surface area contributed by atoms with Gasteiger partial charge in [-0.2, -0.15) is 31.6 Å². The third-order valence-electron chi connectivity index (χ3n) is 4.69. The van der Waals surface area contributed by atoms with Crippen LogP contribution >= 0.6 is 0 Å². The minimum atomic E-state index is -5.36. The maximum Gasteiger partial charge on any atom is 0.419 e. The standard InChI is InChI=1S/C21H10F6N2/c22-20(23,24)18-12(11-28)9-10-17(19(18)21(25,26)27)29-15-7-3-1-5-13(15)14-6-2-4-8-16(14)29/h1-10H. The molecule has 1 heterocycles. The van der Waals surface area contributed by atoms with Crippen LogP contribution in [0.2, 0.25) is 0 Å². The Balaban J connectivity index is 2.25. The summed E-state index contributed by atoms with van der Waals surface area (Å²) in [5, 5.41) is 10.2. The molecule has 29 heavy (non-hydrogen) atoms. The molecule has 0 radical (unpaired) electrons. The number of hydrogen-bond donors (Lipinski definition) is 0. The zero-order chi connectivity index (χ0) is 21.0. The van der Waals surface area contributed by atoms with E-state index in [1.807, 2.05) is 0 Å². The summed E-state index contributed by atoms with van der Waals surface area (Å²) < 4.78 is 83.8. The molecule has 0 saturated heterocycles. The van der Waals surface area contributed by atoms with Crippen molar-refractivity contribution in [2.24, 2.45) is 0 Å². The number of rotatable bonds is 1. The highest BCUT2D eigenvalue weighted by Crippen LogP contribution is 2.46. The van der Waals surface area contributed by atoms with Gasteiger partial charge in [0.1, 0.15) is 0 Å². The second-order valence-electron chi connectivity index (χ2n) is 6.36. The first kappa shape index (κ1) is 18.9. The van der Waals surface area contributed by atoms with Crippen molar-refractivity contribution in [2.75, 3.05) is 0 Å². The van der Waals surface area contributed by atoms with Crippen LogP contribution in [0.1, 0.15) is 16.7 Å². The van der Waals surface area contributed by atoms with E-state index in [0.29, 0.717) is 21.8 Å². The molecule has 0 spiro atoms. The molecule has 0 aliphatic heterocycles. The zero-order valence-electron chi connectivity index (χ0n) is 14.4. The van der Waals surface area contributed by atoms with Gasteiger partial charge in [-0.25, -0.2) is 0 Å². The molecular formula is C21H10F6N2. The van der Waals surface area contributed by atoms with Gasteiger partial charge < -0.3 is 4.57 Å². The Morgan fingerprint density at radius 3 is 1.59 bits per heavy atom. The fourth-order valence-corrected chi connectivity index (χ4v) is 3.63. The zero-order valence-corrected chi connectivity index (χ0v) is 14.4. The molecule has 3 aromatic carbocycles. The lowest BCUT2D eigenvalue weighted by molar-refractivity contribution is -0.162. The van der Waals surface area contributed by atoms with Crippen molar-refractivity contribution in [2.45, 2.75) is 12.4 Å². The molecule has 146 valence electrons. The predicted molar refractivity (Wildman–Crippen MR) is 95.5 cm³/mol. The Hall–Kier alpha value is -3.47. The van der Waals surface area contributed by atoms with E-state index in [9.17, 15) is 26.3 Å². The van der Waals surface area contributed by atoms with Gasteiger partial charge in [-0.3, -0.25) is 0 Å². The topological polar surface area (TPSA) is 28.7 Å². The van der Waals surface area contributed by atoms with E-state index >= 15 is 0 Å². The Bertz CT molecular complexity index is 1240. The van der Waals surface area contributed by atoms with Crippen molar-refractivity contribution >= 4 is 21.8 Å². The smallest absolute Gasteiger partial charge is 0.309 e. The van der Waals surface area contributed by atoms with Gasteiger partial charge in [-0.05, 0) is 24.3 Å². The molecule has 4 rings (SSSR count). The van der Waals surface area contributed by atoms with Crippen LogP contribution in [0, 0.1) is 11.3 Å². The Morgan fingerprint density at radius 2 is 1.14 bits per heavy atom. The summed E-state index contributed by atoms with van der Waals surface area (Å²) in [7, 11) is 0. The van der Waals surface area contributed by atoms with Crippen molar-refractivity contribution < 1.29 is 26.3 Å². The molecule has 0 amide bonds. The molecule has 0 unspecified atom stereocenters. The van der Waals surface area contributed by atoms with E-state index in [2.05, 4.69) is 0 Å². The van der Waals surface area contributed by atoms with Crippen molar-refractivity contribution in [3.8, 4) is 11.8 Å². The van der Waals surface area contributed by atoms with E-state index in [1.54, 1.807) is 48.5 Å². The molecule has 0 aliphatic carbocycles. The molecule has 0 N–H and O–H groups in total. The fraction of sp³-hybridized carbons (Fsp3) is 0.0952. The third kappa shape index (κ3) is 2.90. The molecule has 0 atom stereocenters. The van der Waals surface area contributed by atoms with E-state index in [1.165, 1.54) is 6.07 Å². The molecule has 0 fully saturated rings. The number of hydrogen-bond acceptors (Lipinski definition) is 1. The lowest BCUT2D eigenvalue weighted by Crippen LogP contribution is -2.21. The highest BCUT2D eigenvalue weighted by Gasteiger charge is 2.47. The second kappa shape index (κ2) is 6.27. The van der Waals surface area contributed by atoms with Gasteiger partial charge in [-0.15, -0.1) is 0 Å². The number of nitrogens with zero attached hydrogens (tertiary/aromatic N) is 2. The summed E-state index contributed by atoms with van der Waals surface area (Å²) in [6.07, 6.45) is -10.7. The maximum atomic E-state index is 13.9. The first-order chi connectivity index (χ1) is 13.6. The SMILES string of the molecule is N#Cc1ccc(-n2c3ccccc3c3ccccc32)c(C(F)(F)F)c1C(F)(F)F. The lowest BCUT2D eigenvalue weighted by Gasteiger charge is -2.21. The average molecular weight is 404 g/mol. The second-order valence-corrected chi connectivity index (χ2v) is 6.36. The van der Waals surface area contributed by atoms with Crippen molar-refractivity contribution in [1.29, 1.82) is 5.26 Å². The van der Waals surface area contributed by atoms with Gasteiger partial charge in [0.05, 0.1) is 39.5 Å². The van der Waals surface area contributed by atoms with Crippen molar-refractivity contribution in [1.82, 2.24) is 4.57 Å². The van der Waals surface area contributed by atoms with Crippen LogP contribution in [-0.2, 0) is 12.4 Å². The predicted octanol–water partition coefficient (Wildman–Crippen LogP) is 6.69. The summed E-state index contributed by atoms with van der Waals surface area (Å²) in [4.78, 5) is 0. The number of fused-ring (bicyclic) bond motifs is 3. The molecule has 2 nitrogen and oxygen atoms in total.